The first-order chi connectivity index (χ1) is 4.89. The molecular formula is C6H10F3NO. The first-order valence-electron chi connectivity index (χ1n) is 3.35. The van der Waals surface area contributed by atoms with Crippen molar-refractivity contribution in [2.45, 2.75) is 30.7 Å². The van der Waals surface area contributed by atoms with Crippen LogP contribution in [0.15, 0.2) is 0 Å². The Balaban J connectivity index is 2.49. The van der Waals surface area contributed by atoms with Crippen LogP contribution in [0, 0.1) is 0 Å². The quantitative estimate of drug-likeness (QED) is 0.604. The van der Waals surface area contributed by atoms with Gasteiger partial charge in [-0.05, 0) is 7.05 Å². The molecule has 0 aromatic rings. The van der Waals surface area contributed by atoms with Crippen LogP contribution in [0.25, 0.3) is 0 Å². The Morgan fingerprint density at radius 3 is 2.18 bits per heavy atom. The first-order valence-corrected chi connectivity index (χ1v) is 3.35. The molecule has 2 nitrogen and oxygen atoms in total. The maximum Gasteiger partial charge on any atom is 0.417 e. The van der Waals surface area contributed by atoms with Crippen LogP contribution in [0.2, 0.25) is 0 Å². The summed E-state index contributed by atoms with van der Waals surface area (Å²) in [6.45, 7) is 0. The highest BCUT2D eigenvalue weighted by atomic mass is 19.4. The summed E-state index contributed by atoms with van der Waals surface area (Å²) in [6, 6.07) is -0.193. The standard InChI is InChI=1S/C6H10F3NO/c1-10-4-2-5(11,3-4)6(7,8)9/h4,10-11H,2-3H2,1H3/t4-,5+. The molecule has 0 atom stereocenters. The second-order valence-corrected chi connectivity index (χ2v) is 2.92. The molecule has 0 bridgehead atoms. The van der Waals surface area contributed by atoms with Gasteiger partial charge >= 0.3 is 6.18 Å². The molecular weight excluding hydrogens is 159 g/mol. The van der Waals surface area contributed by atoms with Crippen molar-refractivity contribution in [1.82, 2.24) is 5.32 Å². The van der Waals surface area contributed by atoms with Gasteiger partial charge in [0.05, 0.1) is 0 Å². The summed E-state index contributed by atoms with van der Waals surface area (Å²) in [5, 5.41) is 11.6. The fourth-order valence-corrected chi connectivity index (χ4v) is 1.19. The third kappa shape index (κ3) is 1.35. The van der Waals surface area contributed by atoms with E-state index in [0.717, 1.165) is 0 Å². The van der Waals surface area contributed by atoms with Gasteiger partial charge in [-0.1, -0.05) is 0 Å². The Bertz CT molecular complexity index is 150. The zero-order valence-corrected chi connectivity index (χ0v) is 6.07. The zero-order chi connectivity index (χ0) is 8.70. The van der Waals surface area contributed by atoms with Gasteiger partial charge < -0.3 is 10.4 Å². The topological polar surface area (TPSA) is 32.3 Å². The third-order valence-electron chi connectivity index (χ3n) is 2.10. The number of hydrogen-bond donors (Lipinski definition) is 2. The van der Waals surface area contributed by atoms with E-state index in [1.807, 2.05) is 0 Å². The Labute approximate surface area is 62.4 Å². The zero-order valence-electron chi connectivity index (χ0n) is 6.07. The lowest BCUT2D eigenvalue weighted by Crippen LogP contribution is -2.60. The molecule has 5 heteroatoms. The predicted molar refractivity (Wildman–Crippen MR) is 33.1 cm³/mol. The van der Waals surface area contributed by atoms with E-state index in [4.69, 9.17) is 5.11 Å². The third-order valence-corrected chi connectivity index (χ3v) is 2.10. The lowest BCUT2D eigenvalue weighted by molar-refractivity contribution is -0.291. The van der Waals surface area contributed by atoms with Gasteiger partial charge in [-0.2, -0.15) is 13.2 Å². The van der Waals surface area contributed by atoms with Crippen molar-refractivity contribution in [2.24, 2.45) is 0 Å². The molecule has 0 aliphatic heterocycles. The van der Waals surface area contributed by atoms with E-state index in [1.54, 1.807) is 7.05 Å². The lowest BCUT2D eigenvalue weighted by atomic mass is 9.75. The van der Waals surface area contributed by atoms with E-state index >= 15 is 0 Å². The lowest BCUT2D eigenvalue weighted by Gasteiger charge is -2.44. The SMILES string of the molecule is CN[C@H]1C[C@](O)(C(F)(F)F)C1. The second kappa shape index (κ2) is 2.35. The Morgan fingerprint density at radius 2 is 1.91 bits per heavy atom. The minimum absolute atomic E-state index is 0.193. The van der Waals surface area contributed by atoms with Gasteiger partial charge in [-0.15, -0.1) is 0 Å². The molecule has 0 unspecified atom stereocenters. The molecule has 1 fully saturated rings. The monoisotopic (exact) mass is 169 g/mol. The Kier molecular flexibility index (Phi) is 1.88. The smallest absolute Gasteiger partial charge is 0.380 e. The van der Waals surface area contributed by atoms with Gasteiger partial charge in [0.25, 0.3) is 0 Å². The predicted octanol–water partition coefficient (Wildman–Crippen LogP) is 0.662. The Hall–Kier alpha value is -0.290. The summed E-state index contributed by atoms with van der Waals surface area (Å²) >= 11 is 0. The summed E-state index contributed by atoms with van der Waals surface area (Å²) in [5.74, 6) is 0. The molecule has 11 heavy (non-hydrogen) atoms. The largest absolute Gasteiger partial charge is 0.417 e. The van der Waals surface area contributed by atoms with Crippen molar-refractivity contribution < 1.29 is 18.3 Å². The molecule has 1 rings (SSSR count). The molecule has 0 aromatic heterocycles. The molecule has 0 aromatic carbocycles. The minimum Gasteiger partial charge on any atom is -0.380 e. The maximum absolute atomic E-state index is 11.9. The van der Waals surface area contributed by atoms with E-state index in [-0.39, 0.29) is 18.9 Å². The molecule has 0 amide bonds. The number of rotatable bonds is 1. The van der Waals surface area contributed by atoms with Gasteiger partial charge in [-0.3, -0.25) is 0 Å². The van der Waals surface area contributed by atoms with Crippen molar-refractivity contribution in [1.29, 1.82) is 0 Å². The van der Waals surface area contributed by atoms with Crippen LogP contribution < -0.4 is 5.32 Å². The number of halogens is 3. The van der Waals surface area contributed by atoms with E-state index in [0.29, 0.717) is 0 Å². The van der Waals surface area contributed by atoms with Crippen molar-refractivity contribution in [3.05, 3.63) is 0 Å². The summed E-state index contributed by atoms with van der Waals surface area (Å²) in [5.41, 5.74) is -2.43. The van der Waals surface area contributed by atoms with E-state index in [9.17, 15) is 13.2 Å². The number of nitrogens with one attached hydrogen (secondary N) is 1. The average molecular weight is 169 g/mol. The molecule has 1 aliphatic carbocycles. The highest BCUT2D eigenvalue weighted by molar-refractivity contribution is 5.02. The number of hydrogen-bond acceptors (Lipinski definition) is 2. The average Bonchev–Trinajstić information content (AvgIpc) is 1.78. The number of aliphatic hydroxyl groups is 1. The van der Waals surface area contributed by atoms with Crippen molar-refractivity contribution in [3.63, 3.8) is 0 Å². The van der Waals surface area contributed by atoms with E-state index < -0.39 is 11.8 Å². The van der Waals surface area contributed by atoms with E-state index in [2.05, 4.69) is 5.32 Å². The normalized spacial score (nSPS) is 38.5. The molecule has 2 N–H and O–H groups in total. The highest BCUT2D eigenvalue weighted by Gasteiger charge is 2.60. The minimum atomic E-state index is -4.47. The van der Waals surface area contributed by atoms with Crippen molar-refractivity contribution >= 4 is 0 Å². The summed E-state index contributed by atoms with van der Waals surface area (Å²) in [7, 11) is 1.58. The number of alkyl halides is 3. The van der Waals surface area contributed by atoms with Crippen LogP contribution in [0.1, 0.15) is 12.8 Å². The van der Waals surface area contributed by atoms with Crippen LogP contribution in [0.3, 0.4) is 0 Å². The van der Waals surface area contributed by atoms with Crippen LogP contribution in [0.5, 0.6) is 0 Å². The summed E-state index contributed by atoms with van der Waals surface area (Å²) in [6.07, 6.45) is -4.93. The van der Waals surface area contributed by atoms with Gasteiger partial charge in [-0.25, -0.2) is 0 Å². The molecule has 1 aliphatic rings. The maximum atomic E-state index is 11.9. The van der Waals surface area contributed by atoms with Gasteiger partial charge in [0.15, 0.2) is 5.60 Å². The van der Waals surface area contributed by atoms with Gasteiger partial charge in [0.2, 0.25) is 0 Å². The summed E-state index contributed by atoms with van der Waals surface area (Å²) < 4.78 is 35.8. The highest BCUT2D eigenvalue weighted by Crippen LogP contribution is 2.44. The fourth-order valence-electron chi connectivity index (χ4n) is 1.19. The van der Waals surface area contributed by atoms with Crippen LogP contribution >= 0.6 is 0 Å². The molecule has 0 heterocycles. The van der Waals surface area contributed by atoms with Crippen LogP contribution in [-0.2, 0) is 0 Å². The molecule has 66 valence electrons. The second-order valence-electron chi connectivity index (χ2n) is 2.92. The summed E-state index contributed by atoms with van der Waals surface area (Å²) in [4.78, 5) is 0. The van der Waals surface area contributed by atoms with Gasteiger partial charge in [0, 0.05) is 18.9 Å². The molecule has 0 saturated heterocycles. The van der Waals surface area contributed by atoms with Crippen molar-refractivity contribution in [3.8, 4) is 0 Å². The van der Waals surface area contributed by atoms with Crippen molar-refractivity contribution in [2.75, 3.05) is 7.05 Å². The van der Waals surface area contributed by atoms with E-state index in [1.165, 1.54) is 0 Å². The van der Waals surface area contributed by atoms with Crippen LogP contribution in [-0.4, -0.2) is 30.0 Å². The molecule has 0 spiro atoms. The fraction of sp³-hybridized carbons (Fsp3) is 1.00. The van der Waals surface area contributed by atoms with Crippen LogP contribution in [0.4, 0.5) is 13.2 Å². The van der Waals surface area contributed by atoms with Gasteiger partial charge in [0.1, 0.15) is 0 Å². The molecule has 0 radical (unpaired) electrons. The Morgan fingerprint density at radius 1 is 1.45 bits per heavy atom. The first kappa shape index (κ1) is 8.80. The molecule has 1 saturated carbocycles.